The van der Waals surface area contributed by atoms with Gasteiger partial charge in [0.2, 0.25) is 5.60 Å². The van der Waals surface area contributed by atoms with E-state index in [0.29, 0.717) is 30.9 Å². The zero-order chi connectivity index (χ0) is 24.0. The Balaban J connectivity index is 1.96. The second kappa shape index (κ2) is 10.4. The highest BCUT2D eigenvalue weighted by atomic mass is 19.1. The molecule has 1 atom stereocenters. The lowest BCUT2D eigenvalue weighted by molar-refractivity contribution is -0.137. The smallest absolute Gasteiger partial charge is 0.359 e. The molecule has 1 amide bonds. The number of nitrogens with zero attached hydrogens (tertiary/aromatic N) is 3. The molecule has 10 heteroatoms. The van der Waals surface area contributed by atoms with Gasteiger partial charge in [-0.1, -0.05) is 11.8 Å². The zero-order valence-electron chi connectivity index (χ0n) is 18.6. The molecule has 1 aromatic heterocycles. The van der Waals surface area contributed by atoms with Crippen LogP contribution in [0.1, 0.15) is 29.4 Å². The van der Waals surface area contributed by atoms with Crippen molar-refractivity contribution in [3.8, 4) is 23.2 Å². The number of hydrogen-bond donors (Lipinski definition) is 2. The number of carbonyl (C=O) groups excluding carboxylic acids is 2. The third-order valence-electron chi connectivity index (χ3n) is 5.01. The third kappa shape index (κ3) is 5.45. The second-order valence-electron chi connectivity index (χ2n) is 7.38. The number of carbonyl (C=O) groups is 2. The molecule has 0 aliphatic carbocycles. The van der Waals surface area contributed by atoms with Gasteiger partial charge in [-0.15, -0.1) is 0 Å². The van der Waals surface area contributed by atoms with Crippen LogP contribution in [0.2, 0.25) is 0 Å². The van der Waals surface area contributed by atoms with Gasteiger partial charge in [0.15, 0.2) is 11.5 Å². The number of aromatic nitrogens is 2. The summed E-state index contributed by atoms with van der Waals surface area (Å²) in [7, 11) is 3.13. The molecule has 1 aliphatic heterocycles. The summed E-state index contributed by atoms with van der Waals surface area (Å²) in [5.74, 6) is 3.52. The Morgan fingerprint density at radius 2 is 2.21 bits per heavy atom. The molecule has 2 heterocycles. The minimum absolute atomic E-state index is 0.0117. The van der Waals surface area contributed by atoms with Gasteiger partial charge in [0.1, 0.15) is 5.82 Å². The standard InChI is InChI=1S/C23H25FN4O5/c1-4-33-21(29)19-18(25-10-12-32-3)14-26-20(27-19)16-13-15(5-6-17(16)24)7-8-23(31)9-11-28(2)22(23)30/h5-6,13-14,25,31H,4,9-12H2,1-3H3. The average molecular weight is 456 g/mol. The van der Waals surface area contributed by atoms with Crippen LogP contribution in [0.15, 0.2) is 24.4 Å². The fourth-order valence-corrected chi connectivity index (χ4v) is 3.20. The maximum absolute atomic E-state index is 14.6. The molecule has 1 saturated heterocycles. The van der Waals surface area contributed by atoms with Crippen LogP contribution in [0.25, 0.3) is 11.4 Å². The molecule has 1 unspecified atom stereocenters. The van der Waals surface area contributed by atoms with Crippen molar-refractivity contribution < 1.29 is 28.6 Å². The van der Waals surface area contributed by atoms with Crippen molar-refractivity contribution in [2.45, 2.75) is 18.9 Å². The van der Waals surface area contributed by atoms with Crippen LogP contribution in [0.5, 0.6) is 0 Å². The number of likely N-dealkylation sites (tertiary alicyclic amines) is 1. The number of aliphatic hydroxyl groups is 1. The minimum atomic E-state index is -1.77. The van der Waals surface area contributed by atoms with E-state index in [1.807, 2.05) is 0 Å². The summed E-state index contributed by atoms with van der Waals surface area (Å²) < 4.78 is 24.7. The molecule has 1 aliphatic rings. The summed E-state index contributed by atoms with van der Waals surface area (Å²) >= 11 is 0. The first-order valence-corrected chi connectivity index (χ1v) is 10.4. The molecule has 9 nitrogen and oxygen atoms in total. The van der Waals surface area contributed by atoms with Crippen LogP contribution in [-0.4, -0.2) is 77.9 Å². The van der Waals surface area contributed by atoms with E-state index in [2.05, 4.69) is 27.1 Å². The van der Waals surface area contributed by atoms with E-state index in [1.54, 1.807) is 21.1 Å². The Kier molecular flexibility index (Phi) is 7.58. The van der Waals surface area contributed by atoms with E-state index in [-0.39, 0.29) is 30.1 Å². The highest BCUT2D eigenvalue weighted by Crippen LogP contribution is 2.25. The monoisotopic (exact) mass is 456 g/mol. The molecule has 2 aromatic rings. The van der Waals surface area contributed by atoms with Gasteiger partial charge >= 0.3 is 5.97 Å². The number of halogens is 1. The molecule has 0 saturated carbocycles. The molecule has 33 heavy (non-hydrogen) atoms. The van der Waals surface area contributed by atoms with Crippen LogP contribution in [0.3, 0.4) is 0 Å². The minimum Gasteiger partial charge on any atom is -0.461 e. The van der Waals surface area contributed by atoms with Crippen molar-refractivity contribution in [3.05, 3.63) is 41.5 Å². The molecule has 0 spiro atoms. The molecule has 0 radical (unpaired) electrons. The van der Waals surface area contributed by atoms with E-state index >= 15 is 0 Å². The molecular weight excluding hydrogens is 431 g/mol. The summed E-state index contributed by atoms with van der Waals surface area (Å²) in [6.45, 7) is 3.01. The molecule has 2 N–H and O–H groups in total. The van der Waals surface area contributed by atoms with E-state index < -0.39 is 23.3 Å². The molecule has 174 valence electrons. The average Bonchev–Trinajstić information content (AvgIpc) is 3.07. The van der Waals surface area contributed by atoms with Gasteiger partial charge < -0.3 is 24.8 Å². The Morgan fingerprint density at radius 3 is 2.88 bits per heavy atom. The second-order valence-corrected chi connectivity index (χ2v) is 7.38. The maximum Gasteiger partial charge on any atom is 0.359 e. The highest BCUT2D eigenvalue weighted by molar-refractivity contribution is 5.94. The number of amides is 1. The van der Waals surface area contributed by atoms with Crippen LogP contribution in [0.4, 0.5) is 10.1 Å². The topological polar surface area (TPSA) is 114 Å². The number of ether oxygens (including phenoxy) is 2. The Labute approximate surface area is 190 Å². The SMILES string of the molecule is CCOC(=O)c1nc(-c2cc(C#CC3(O)CCN(C)C3=O)ccc2F)ncc1NCCOC. The predicted molar refractivity (Wildman–Crippen MR) is 118 cm³/mol. The highest BCUT2D eigenvalue weighted by Gasteiger charge is 2.42. The summed E-state index contributed by atoms with van der Waals surface area (Å²) in [5, 5.41) is 13.5. The van der Waals surface area contributed by atoms with Crippen LogP contribution in [-0.2, 0) is 14.3 Å². The zero-order valence-corrected chi connectivity index (χ0v) is 18.6. The summed E-state index contributed by atoms with van der Waals surface area (Å²) in [6, 6.07) is 4.01. The fraction of sp³-hybridized carbons (Fsp3) is 0.391. The van der Waals surface area contributed by atoms with E-state index in [9.17, 15) is 19.1 Å². The van der Waals surface area contributed by atoms with Gasteiger partial charge in [-0.25, -0.2) is 19.2 Å². The number of rotatable bonds is 7. The van der Waals surface area contributed by atoms with Crippen molar-refractivity contribution in [1.29, 1.82) is 0 Å². The predicted octanol–water partition coefficient (Wildman–Crippen LogP) is 1.46. The van der Waals surface area contributed by atoms with Gasteiger partial charge in [0.25, 0.3) is 5.91 Å². The molecule has 1 aromatic carbocycles. The van der Waals surface area contributed by atoms with Gasteiger partial charge in [-0.2, -0.15) is 0 Å². The number of hydrogen-bond acceptors (Lipinski definition) is 8. The summed E-state index contributed by atoms with van der Waals surface area (Å²) in [4.78, 5) is 34.3. The van der Waals surface area contributed by atoms with Crippen molar-refractivity contribution in [1.82, 2.24) is 14.9 Å². The number of methoxy groups -OCH3 is 1. The lowest BCUT2D eigenvalue weighted by Crippen LogP contribution is -2.37. The number of likely N-dealkylation sites (N-methyl/N-ethyl adjacent to an activating group) is 1. The summed E-state index contributed by atoms with van der Waals surface area (Å²) in [5.41, 5.74) is -1.12. The van der Waals surface area contributed by atoms with Gasteiger partial charge in [-0.3, -0.25) is 4.79 Å². The Morgan fingerprint density at radius 1 is 1.42 bits per heavy atom. The van der Waals surface area contributed by atoms with Crippen LogP contribution >= 0.6 is 0 Å². The molecule has 1 fully saturated rings. The number of esters is 1. The number of anilines is 1. The number of benzene rings is 1. The fourth-order valence-electron chi connectivity index (χ4n) is 3.20. The first-order chi connectivity index (χ1) is 15.8. The lowest BCUT2D eigenvalue weighted by atomic mass is 10.0. The van der Waals surface area contributed by atoms with Crippen molar-refractivity contribution in [3.63, 3.8) is 0 Å². The van der Waals surface area contributed by atoms with E-state index in [4.69, 9.17) is 9.47 Å². The van der Waals surface area contributed by atoms with E-state index in [0.717, 1.165) is 0 Å². The molecular formula is C23H25FN4O5. The largest absolute Gasteiger partial charge is 0.461 e. The third-order valence-corrected chi connectivity index (χ3v) is 5.01. The molecule has 0 bridgehead atoms. The Bertz CT molecular complexity index is 1110. The lowest BCUT2D eigenvalue weighted by Gasteiger charge is -2.13. The maximum atomic E-state index is 14.6. The number of nitrogens with one attached hydrogen (secondary N) is 1. The molecule has 3 rings (SSSR count). The summed E-state index contributed by atoms with van der Waals surface area (Å²) in [6.07, 6.45) is 1.56. The van der Waals surface area contributed by atoms with Crippen LogP contribution < -0.4 is 5.32 Å². The van der Waals surface area contributed by atoms with Crippen LogP contribution in [0, 0.1) is 17.7 Å². The van der Waals surface area contributed by atoms with Crippen molar-refractivity contribution >= 4 is 17.6 Å². The van der Waals surface area contributed by atoms with Gasteiger partial charge in [0, 0.05) is 39.2 Å². The van der Waals surface area contributed by atoms with Crippen molar-refractivity contribution in [2.75, 3.05) is 45.8 Å². The van der Waals surface area contributed by atoms with E-state index in [1.165, 1.54) is 29.3 Å². The Hall–Kier alpha value is -3.55. The van der Waals surface area contributed by atoms with Gasteiger partial charge in [-0.05, 0) is 25.1 Å². The normalized spacial score (nSPS) is 17.5. The quantitative estimate of drug-likeness (QED) is 0.366. The van der Waals surface area contributed by atoms with Gasteiger partial charge in [0.05, 0.1) is 30.7 Å². The first kappa shape index (κ1) is 24.1. The first-order valence-electron chi connectivity index (χ1n) is 10.4. The van der Waals surface area contributed by atoms with Crippen molar-refractivity contribution in [2.24, 2.45) is 0 Å².